The largest absolute Gasteiger partial charge is 0.417 e. The topological polar surface area (TPSA) is 150 Å². The summed E-state index contributed by atoms with van der Waals surface area (Å²) < 4.78 is 65.4. The molecule has 0 radical (unpaired) electrons. The molecule has 0 bridgehead atoms. The van der Waals surface area contributed by atoms with E-state index in [-0.39, 0.29) is 35.5 Å². The molecule has 13 heteroatoms. The monoisotopic (exact) mass is 465 g/mol. The number of nitrogens with two attached hydrogens (primary N) is 2. The summed E-state index contributed by atoms with van der Waals surface area (Å²) in [7, 11) is -4.79. The Morgan fingerprint density at radius 1 is 1.12 bits per heavy atom. The van der Waals surface area contributed by atoms with Gasteiger partial charge in [-0.2, -0.15) is 18.3 Å². The number of hydrogen-bond donors (Lipinski definition) is 3. The first-order valence-corrected chi connectivity index (χ1v) is 10.9. The highest BCUT2D eigenvalue weighted by molar-refractivity contribution is 7.89. The van der Waals surface area contributed by atoms with E-state index in [1.54, 1.807) is 29.2 Å². The van der Waals surface area contributed by atoms with Gasteiger partial charge in [0.2, 0.25) is 10.0 Å². The van der Waals surface area contributed by atoms with E-state index in [1.165, 1.54) is 6.07 Å². The van der Waals surface area contributed by atoms with Gasteiger partial charge in [0.1, 0.15) is 4.90 Å². The number of likely N-dealkylation sites (tertiary alicyclic amines) is 1. The molecule has 1 fully saturated rings. The van der Waals surface area contributed by atoms with Gasteiger partial charge in [-0.25, -0.2) is 18.5 Å². The number of primary sulfonamides is 1. The van der Waals surface area contributed by atoms with Gasteiger partial charge in [0.15, 0.2) is 18.5 Å². The molecule has 4 rings (SSSR count). The minimum Gasteiger partial charge on any atom is -0.370 e. The second-order valence-corrected chi connectivity index (χ2v) is 8.88. The molecule has 2 heterocycles. The highest BCUT2D eigenvalue weighted by Gasteiger charge is 2.40. The number of alkyl halides is 3. The number of amidine groups is 1. The number of benzene rings is 2. The Balaban J connectivity index is 1.83. The van der Waals surface area contributed by atoms with E-state index in [0.29, 0.717) is 24.7 Å². The maximum Gasteiger partial charge on any atom is 0.417 e. The van der Waals surface area contributed by atoms with Crippen LogP contribution in [0.2, 0.25) is 0 Å². The van der Waals surface area contributed by atoms with Crippen molar-refractivity contribution in [2.45, 2.75) is 17.0 Å². The van der Waals surface area contributed by atoms with E-state index in [2.05, 4.69) is 15.2 Å². The maximum absolute atomic E-state index is 13.6. The summed E-state index contributed by atoms with van der Waals surface area (Å²) in [6.07, 6.45) is -4.96. The molecule has 2 aromatic carbocycles. The molecule has 2 aromatic rings. The van der Waals surface area contributed by atoms with Crippen molar-refractivity contribution in [1.29, 1.82) is 5.41 Å². The van der Waals surface area contributed by atoms with Crippen LogP contribution < -0.4 is 10.9 Å². The fourth-order valence-corrected chi connectivity index (χ4v) is 4.72. The van der Waals surface area contributed by atoms with Gasteiger partial charge in [0, 0.05) is 24.6 Å². The zero-order valence-corrected chi connectivity index (χ0v) is 17.3. The molecule has 0 saturated carbocycles. The average molecular weight is 465 g/mol. The van der Waals surface area contributed by atoms with E-state index in [4.69, 9.17) is 16.3 Å². The molecule has 0 aliphatic carbocycles. The van der Waals surface area contributed by atoms with Crippen LogP contribution >= 0.6 is 0 Å². The number of nitrogens with zero attached hydrogens (tertiary/aromatic N) is 4. The van der Waals surface area contributed by atoms with Crippen molar-refractivity contribution in [3.63, 3.8) is 0 Å². The van der Waals surface area contributed by atoms with Gasteiger partial charge in [-0.15, -0.1) is 5.11 Å². The van der Waals surface area contributed by atoms with Crippen molar-refractivity contribution >= 4 is 21.8 Å². The lowest BCUT2D eigenvalue weighted by atomic mass is 9.89. The second-order valence-electron chi connectivity index (χ2n) is 7.38. The normalized spacial score (nSPS) is 16.8. The highest BCUT2D eigenvalue weighted by atomic mass is 32.2. The predicted molar refractivity (Wildman–Crippen MR) is 111 cm³/mol. The Hall–Kier alpha value is -3.32. The first-order valence-electron chi connectivity index (χ1n) is 9.35. The Morgan fingerprint density at radius 2 is 1.78 bits per heavy atom. The van der Waals surface area contributed by atoms with E-state index >= 15 is 0 Å². The molecule has 2 aliphatic heterocycles. The van der Waals surface area contributed by atoms with Gasteiger partial charge >= 0.3 is 6.18 Å². The zero-order valence-electron chi connectivity index (χ0n) is 16.5. The van der Waals surface area contributed by atoms with Crippen LogP contribution in [-0.2, 0) is 16.2 Å². The minimum absolute atomic E-state index is 0.00528. The maximum atomic E-state index is 13.6. The van der Waals surface area contributed by atoms with Crippen LogP contribution in [0.3, 0.4) is 0 Å². The van der Waals surface area contributed by atoms with E-state index < -0.39 is 26.7 Å². The summed E-state index contributed by atoms with van der Waals surface area (Å²) in [4.78, 5) is 4.56. The molecule has 168 valence electrons. The smallest absolute Gasteiger partial charge is 0.370 e. The van der Waals surface area contributed by atoms with E-state index in [1.807, 2.05) is 0 Å². The first-order chi connectivity index (χ1) is 15.0. The third kappa shape index (κ3) is 3.96. The summed E-state index contributed by atoms with van der Waals surface area (Å²) in [6.45, 7) is 1.06. The van der Waals surface area contributed by atoms with Crippen molar-refractivity contribution in [1.82, 2.24) is 4.90 Å². The number of rotatable bonds is 4. The summed E-state index contributed by atoms with van der Waals surface area (Å²) in [5.74, 6) is -0.0717. The lowest BCUT2D eigenvalue weighted by Gasteiger charge is -2.39. The number of azo groups is 1. The molecule has 2 aliphatic rings. The van der Waals surface area contributed by atoms with Gasteiger partial charge in [0.25, 0.3) is 0 Å². The Morgan fingerprint density at radius 3 is 2.28 bits per heavy atom. The second kappa shape index (κ2) is 7.67. The number of nitrogens with one attached hydrogen (secondary N) is 1. The molecule has 32 heavy (non-hydrogen) atoms. The van der Waals surface area contributed by atoms with Crippen LogP contribution in [0.1, 0.15) is 22.6 Å². The van der Waals surface area contributed by atoms with Crippen LogP contribution in [0.4, 0.5) is 13.2 Å². The molecule has 0 unspecified atom stereocenters. The number of hydrogen-bond acceptors (Lipinski definition) is 6. The predicted octanol–water partition coefficient (Wildman–Crippen LogP) is 2.48. The third-order valence-corrected chi connectivity index (χ3v) is 6.33. The van der Waals surface area contributed by atoms with Gasteiger partial charge in [-0.1, -0.05) is 30.3 Å². The first kappa shape index (κ1) is 21.9. The van der Waals surface area contributed by atoms with Crippen molar-refractivity contribution in [2.75, 3.05) is 19.8 Å². The summed E-state index contributed by atoms with van der Waals surface area (Å²) in [6, 6.07) is 8.82. The zero-order chi connectivity index (χ0) is 23.3. The minimum atomic E-state index is -4.96. The van der Waals surface area contributed by atoms with Gasteiger partial charge in [-0.05, 0) is 22.8 Å². The molecule has 0 amide bonds. The fraction of sp³-hybridized carbons (Fsp3) is 0.263. The molecular weight excluding hydrogens is 447 g/mol. The van der Waals surface area contributed by atoms with Crippen molar-refractivity contribution in [2.24, 2.45) is 26.1 Å². The Kier molecular flexibility index (Phi) is 5.25. The summed E-state index contributed by atoms with van der Waals surface area (Å²) in [5, 5.41) is 20.0. The van der Waals surface area contributed by atoms with Crippen LogP contribution in [0.25, 0.3) is 11.1 Å². The quantitative estimate of drug-likeness (QED) is 0.469. The Bertz CT molecular complexity index is 1250. The number of sulfonamides is 1. The Labute approximate surface area is 181 Å². The van der Waals surface area contributed by atoms with Crippen LogP contribution in [-0.4, -0.2) is 44.9 Å². The van der Waals surface area contributed by atoms with Crippen LogP contribution in [0, 0.1) is 5.41 Å². The molecule has 0 aromatic heterocycles. The van der Waals surface area contributed by atoms with Gasteiger partial charge in [0.05, 0.1) is 5.56 Å². The summed E-state index contributed by atoms with van der Waals surface area (Å²) in [5.41, 5.74) is 5.34. The fourth-order valence-electron chi connectivity index (χ4n) is 3.74. The number of aliphatic imine (C=N–C) groups is 1. The molecular formula is C19H18F3N7O2S. The van der Waals surface area contributed by atoms with Gasteiger partial charge in [-0.3, -0.25) is 5.41 Å². The van der Waals surface area contributed by atoms with E-state index in [0.717, 1.165) is 5.56 Å². The van der Waals surface area contributed by atoms with Gasteiger partial charge < -0.3 is 10.6 Å². The summed E-state index contributed by atoms with van der Waals surface area (Å²) >= 11 is 0. The molecule has 5 N–H and O–H groups in total. The van der Waals surface area contributed by atoms with Crippen molar-refractivity contribution in [3.05, 3.63) is 53.1 Å². The standard InChI is InChI=1S/C19H18F3N7O2S/c20-19(21,22)14-6-5-13(15(16(14)32(25,30)31)17-26-9-27-28-17)11-3-1-10(2-4-11)12-7-29(8-12)18(23)24/h1-6,12H,7-9H2,(H3,23,24)(H2,25,30,31). The average Bonchev–Trinajstić information content (AvgIpc) is 3.19. The van der Waals surface area contributed by atoms with Crippen LogP contribution in [0.15, 0.2) is 56.5 Å². The number of guanidine groups is 1. The molecule has 0 atom stereocenters. The van der Waals surface area contributed by atoms with E-state index in [9.17, 15) is 21.6 Å². The lowest BCUT2D eigenvalue weighted by molar-refractivity contribution is -0.139. The molecule has 9 nitrogen and oxygen atoms in total. The third-order valence-electron chi connectivity index (χ3n) is 5.34. The van der Waals surface area contributed by atoms with Crippen LogP contribution in [0.5, 0.6) is 0 Å². The molecule has 1 saturated heterocycles. The highest BCUT2D eigenvalue weighted by Crippen LogP contribution is 2.40. The SMILES string of the molecule is N=C(N)N1CC(c2ccc(-c3ccc(C(F)(F)F)c(S(N)(=O)=O)c3C3=NCN=N3)cc2)C1. The lowest BCUT2D eigenvalue weighted by Crippen LogP contribution is -2.51. The van der Waals surface area contributed by atoms with Crippen molar-refractivity contribution in [3.8, 4) is 11.1 Å². The number of halogens is 3. The van der Waals surface area contributed by atoms with Crippen molar-refractivity contribution < 1.29 is 21.6 Å². The molecule has 0 spiro atoms.